The second-order valence-corrected chi connectivity index (χ2v) is 6.68. The molecule has 28 heavy (non-hydrogen) atoms. The Morgan fingerprint density at radius 2 is 1.07 bits per heavy atom. The summed E-state index contributed by atoms with van der Waals surface area (Å²) in [6.45, 7) is 6.02. The lowest BCUT2D eigenvalue weighted by molar-refractivity contribution is 0.141. The summed E-state index contributed by atoms with van der Waals surface area (Å²) in [7, 11) is 0. The molecular weight excluding hydrogens is 404 g/mol. The molecule has 0 aliphatic carbocycles. The smallest absolute Gasteiger partial charge is 0.407 e. The fraction of sp³-hybridized carbons (Fsp3) is 0.778. The molecule has 0 spiro atoms. The molecular formula is C18H32N2O6S2. The monoisotopic (exact) mass is 436 g/mol. The Balaban J connectivity index is 3.56. The molecule has 0 atom stereocenters. The third-order valence-corrected chi connectivity index (χ3v) is 3.91. The van der Waals surface area contributed by atoms with Crippen LogP contribution in [0.4, 0.5) is 9.59 Å². The van der Waals surface area contributed by atoms with Gasteiger partial charge in [0.1, 0.15) is 13.2 Å². The molecule has 0 bridgehead atoms. The van der Waals surface area contributed by atoms with Crippen LogP contribution in [0.1, 0.15) is 52.4 Å². The summed E-state index contributed by atoms with van der Waals surface area (Å²) in [4.78, 5) is 22.6. The van der Waals surface area contributed by atoms with Gasteiger partial charge in [-0.3, -0.25) is 0 Å². The van der Waals surface area contributed by atoms with Crippen molar-refractivity contribution in [2.24, 2.45) is 0 Å². The number of ether oxygens (including phenoxy) is 4. The Kier molecular flexibility index (Phi) is 17.6. The molecule has 8 nitrogen and oxygen atoms in total. The molecule has 10 heteroatoms. The van der Waals surface area contributed by atoms with Gasteiger partial charge in [0.05, 0.1) is 26.3 Å². The lowest BCUT2D eigenvalue weighted by atomic mass is 10.3. The number of carbonyl (C=O) groups is 2. The van der Waals surface area contributed by atoms with Crippen molar-refractivity contribution in [1.29, 1.82) is 0 Å². The van der Waals surface area contributed by atoms with Crippen LogP contribution in [0.5, 0.6) is 0 Å². The SMILES string of the molecule is CCCCOC(=O)NCCOC(=S)CCC(=S)OCCNC(=O)OCCCC. The van der Waals surface area contributed by atoms with Gasteiger partial charge < -0.3 is 29.6 Å². The molecule has 0 aromatic rings. The van der Waals surface area contributed by atoms with Gasteiger partial charge in [-0.15, -0.1) is 0 Å². The first-order valence-corrected chi connectivity index (χ1v) is 10.4. The van der Waals surface area contributed by atoms with Crippen LogP contribution >= 0.6 is 24.4 Å². The van der Waals surface area contributed by atoms with E-state index in [1.54, 1.807) is 0 Å². The van der Waals surface area contributed by atoms with Crippen LogP contribution in [0.15, 0.2) is 0 Å². The van der Waals surface area contributed by atoms with Crippen LogP contribution in [0, 0.1) is 0 Å². The second kappa shape index (κ2) is 18.7. The van der Waals surface area contributed by atoms with E-state index >= 15 is 0 Å². The first-order valence-electron chi connectivity index (χ1n) is 9.62. The van der Waals surface area contributed by atoms with Crippen LogP contribution < -0.4 is 10.6 Å². The maximum Gasteiger partial charge on any atom is 0.407 e. The summed E-state index contributed by atoms with van der Waals surface area (Å²) in [5.41, 5.74) is 0. The third-order valence-electron chi connectivity index (χ3n) is 3.26. The number of thiocarbonyl (C=S) groups is 2. The number of alkyl carbamates (subject to hydrolysis) is 2. The standard InChI is InChI=1S/C18H32N2O6S2/c1-3-5-11-25-17(21)19-9-13-23-15(27)7-8-16(28)24-14-10-20-18(22)26-12-6-4-2/h3-14H2,1-2H3,(H,19,21)(H,20,22). The maximum absolute atomic E-state index is 11.3. The highest BCUT2D eigenvalue weighted by atomic mass is 32.1. The maximum atomic E-state index is 11.3. The number of nitrogens with one attached hydrogen (secondary N) is 2. The summed E-state index contributed by atoms with van der Waals surface area (Å²) in [5, 5.41) is 5.95. The Morgan fingerprint density at radius 1 is 0.679 bits per heavy atom. The van der Waals surface area contributed by atoms with E-state index in [1.165, 1.54) is 0 Å². The van der Waals surface area contributed by atoms with Crippen LogP contribution in [-0.2, 0) is 18.9 Å². The molecule has 2 N–H and O–H groups in total. The first kappa shape index (κ1) is 26.3. The molecule has 0 aliphatic heterocycles. The molecule has 0 saturated carbocycles. The molecule has 2 amide bonds. The minimum atomic E-state index is -0.458. The molecule has 0 aromatic carbocycles. The van der Waals surface area contributed by atoms with Crippen LogP contribution in [-0.4, -0.2) is 61.8 Å². The molecule has 0 radical (unpaired) electrons. The van der Waals surface area contributed by atoms with E-state index in [1.807, 2.05) is 13.8 Å². The predicted molar refractivity (Wildman–Crippen MR) is 115 cm³/mol. The van der Waals surface area contributed by atoms with Gasteiger partial charge >= 0.3 is 12.2 Å². The van der Waals surface area contributed by atoms with Crippen molar-refractivity contribution in [3.8, 4) is 0 Å². The average Bonchev–Trinajstić information content (AvgIpc) is 2.67. The van der Waals surface area contributed by atoms with Crippen molar-refractivity contribution < 1.29 is 28.5 Å². The van der Waals surface area contributed by atoms with E-state index in [0.717, 1.165) is 25.7 Å². The highest BCUT2D eigenvalue weighted by Gasteiger charge is 2.05. The fourth-order valence-electron chi connectivity index (χ4n) is 1.70. The van der Waals surface area contributed by atoms with Gasteiger partial charge in [-0.1, -0.05) is 26.7 Å². The molecule has 0 fully saturated rings. The van der Waals surface area contributed by atoms with Crippen molar-refractivity contribution in [2.45, 2.75) is 52.4 Å². The van der Waals surface area contributed by atoms with Crippen LogP contribution in [0.25, 0.3) is 0 Å². The van der Waals surface area contributed by atoms with Crippen LogP contribution in [0.3, 0.4) is 0 Å². The van der Waals surface area contributed by atoms with Crippen molar-refractivity contribution in [2.75, 3.05) is 39.5 Å². The van der Waals surface area contributed by atoms with Gasteiger partial charge in [-0.25, -0.2) is 9.59 Å². The van der Waals surface area contributed by atoms with Gasteiger partial charge in [0.15, 0.2) is 10.1 Å². The largest absolute Gasteiger partial charge is 0.485 e. The molecule has 0 heterocycles. The molecule has 0 aromatic heterocycles. The van der Waals surface area contributed by atoms with E-state index in [0.29, 0.717) is 49.2 Å². The molecule has 0 aliphatic rings. The summed E-state index contributed by atoms with van der Waals surface area (Å²) in [6.07, 6.45) is 3.60. The highest BCUT2D eigenvalue weighted by Crippen LogP contribution is 2.00. The Labute approximate surface area is 178 Å². The average molecular weight is 437 g/mol. The Hall–Kier alpha value is -1.68. The number of carbonyl (C=O) groups excluding carboxylic acids is 2. The Morgan fingerprint density at radius 3 is 1.43 bits per heavy atom. The van der Waals surface area contributed by atoms with Gasteiger partial charge in [-0.2, -0.15) is 0 Å². The quantitative estimate of drug-likeness (QED) is 0.297. The highest BCUT2D eigenvalue weighted by molar-refractivity contribution is 7.80. The summed E-state index contributed by atoms with van der Waals surface area (Å²) < 4.78 is 20.6. The molecule has 162 valence electrons. The third kappa shape index (κ3) is 17.7. The van der Waals surface area contributed by atoms with Crippen molar-refractivity contribution in [3.05, 3.63) is 0 Å². The fourth-order valence-corrected chi connectivity index (χ4v) is 2.08. The lowest BCUT2D eigenvalue weighted by Crippen LogP contribution is -2.29. The summed E-state index contributed by atoms with van der Waals surface area (Å²) in [6, 6.07) is 0. The van der Waals surface area contributed by atoms with Crippen LogP contribution in [0.2, 0.25) is 0 Å². The molecule has 0 rings (SSSR count). The van der Waals surface area contributed by atoms with Gasteiger partial charge in [0, 0.05) is 12.8 Å². The topological polar surface area (TPSA) is 95.1 Å². The van der Waals surface area contributed by atoms with Gasteiger partial charge in [0.25, 0.3) is 0 Å². The lowest BCUT2D eigenvalue weighted by Gasteiger charge is -2.11. The van der Waals surface area contributed by atoms with Crippen molar-refractivity contribution in [3.63, 3.8) is 0 Å². The van der Waals surface area contributed by atoms with E-state index < -0.39 is 12.2 Å². The van der Waals surface area contributed by atoms with E-state index in [9.17, 15) is 9.59 Å². The zero-order valence-electron chi connectivity index (χ0n) is 16.8. The van der Waals surface area contributed by atoms with Gasteiger partial charge in [0.2, 0.25) is 0 Å². The number of rotatable bonds is 15. The first-order chi connectivity index (χ1) is 13.5. The minimum Gasteiger partial charge on any atom is -0.485 e. The second-order valence-electron chi connectivity index (χ2n) is 5.77. The normalized spacial score (nSPS) is 9.93. The van der Waals surface area contributed by atoms with Gasteiger partial charge in [-0.05, 0) is 37.3 Å². The van der Waals surface area contributed by atoms with E-state index in [4.69, 9.17) is 43.4 Å². The predicted octanol–water partition coefficient (Wildman–Crippen LogP) is 3.51. The van der Waals surface area contributed by atoms with Crippen molar-refractivity contribution in [1.82, 2.24) is 10.6 Å². The van der Waals surface area contributed by atoms with Crippen molar-refractivity contribution >= 4 is 46.7 Å². The van der Waals surface area contributed by atoms with E-state index in [2.05, 4.69) is 10.6 Å². The Bertz CT molecular complexity index is 435. The molecule has 0 unspecified atom stereocenters. The van der Waals surface area contributed by atoms with E-state index in [-0.39, 0.29) is 13.2 Å². The number of hydrogen-bond acceptors (Lipinski definition) is 8. The minimum absolute atomic E-state index is 0.263. The number of unbranched alkanes of at least 4 members (excludes halogenated alkanes) is 2. The zero-order chi connectivity index (χ0) is 21.0. The summed E-state index contributed by atoms with van der Waals surface area (Å²) in [5.74, 6) is 0. The number of hydrogen-bond donors (Lipinski definition) is 2. The molecule has 0 saturated heterocycles. The number of amides is 2. The summed E-state index contributed by atoms with van der Waals surface area (Å²) >= 11 is 10.2. The zero-order valence-corrected chi connectivity index (χ0v) is 18.4.